The number of alkyl halides is 3. The minimum absolute atomic E-state index is 0.358. The van der Waals surface area contributed by atoms with E-state index < -0.39 is 12.0 Å². The molecule has 0 amide bonds. The molecule has 0 unspecified atom stereocenters. The van der Waals surface area contributed by atoms with Crippen molar-refractivity contribution in [3.8, 4) is 0 Å². The van der Waals surface area contributed by atoms with Crippen LogP contribution in [0.1, 0.15) is 23.2 Å². The van der Waals surface area contributed by atoms with Gasteiger partial charge in [0.05, 0.1) is 16.8 Å². The molecule has 110 valence electrons. The van der Waals surface area contributed by atoms with Crippen LogP contribution in [0.5, 0.6) is 0 Å². The third kappa shape index (κ3) is 2.46. The molecule has 0 saturated carbocycles. The number of halogens is 3. The lowest BCUT2D eigenvalue weighted by molar-refractivity contribution is -0.0885. The molecule has 0 bridgehead atoms. The standard InChI is InChI=1S/C15H13F3N2O/c16-15(17,18)14(21)11-9-19-12-6-2-1-5-10(12)13(11)20-7-3-4-8-20/h1-2,5-6,9H,3-4,7-8H2. The Morgan fingerprint density at radius 2 is 1.81 bits per heavy atom. The van der Waals surface area contributed by atoms with E-state index in [1.807, 2.05) is 4.90 Å². The molecule has 0 aliphatic carbocycles. The van der Waals surface area contributed by atoms with Crippen LogP contribution in [0.4, 0.5) is 18.9 Å². The number of anilines is 1. The summed E-state index contributed by atoms with van der Waals surface area (Å²) in [6.45, 7) is 1.32. The highest BCUT2D eigenvalue weighted by Gasteiger charge is 2.41. The SMILES string of the molecule is O=C(c1cnc2ccccc2c1N1CCCC1)C(F)(F)F. The van der Waals surface area contributed by atoms with Gasteiger partial charge in [0.25, 0.3) is 5.78 Å². The molecule has 3 nitrogen and oxygen atoms in total. The van der Waals surface area contributed by atoms with E-state index in [0.717, 1.165) is 19.0 Å². The number of rotatable bonds is 2. The topological polar surface area (TPSA) is 33.2 Å². The van der Waals surface area contributed by atoms with Crippen molar-refractivity contribution in [2.75, 3.05) is 18.0 Å². The fourth-order valence-electron chi connectivity index (χ4n) is 2.73. The van der Waals surface area contributed by atoms with Crippen LogP contribution in [0, 0.1) is 0 Å². The summed E-state index contributed by atoms with van der Waals surface area (Å²) in [5.41, 5.74) is 0.599. The summed E-state index contributed by atoms with van der Waals surface area (Å²) in [5.74, 6) is -1.83. The van der Waals surface area contributed by atoms with Crippen molar-refractivity contribution in [2.24, 2.45) is 0 Å². The van der Waals surface area contributed by atoms with Crippen molar-refractivity contribution in [1.82, 2.24) is 4.98 Å². The lowest BCUT2D eigenvalue weighted by Gasteiger charge is -2.23. The first-order chi connectivity index (χ1) is 9.98. The monoisotopic (exact) mass is 294 g/mol. The Hall–Kier alpha value is -2.11. The summed E-state index contributed by atoms with van der Waals surface area (Å²) < 4.78 is 38.4. The Labute approximate surface area is 119 Å². The maximum atomic E-state index is 12.8. The van der Waals surface area contributed by atoms with E-state index in [1.54, 1.807) is 24.3 Å². The summed E-state index contributed by atoms with van der Waals surface area (Å²) in [4.78, 5) is 17.5. The first-order valence-electron chi connectivity index (χ1n) is 6.72. The second kappa shape index (κ2) is 5.02. The number of hydrogen-bond donors (Lipinski definition) is 0. The largest absolute Gasteiger partial charge is 0.455 e. The fourth-order valence-corrected chi connectivity index (χ4v) is 2.73. The van der Waals surface area contributed by atoms with Crippen LogP contribution >= 0.6 is 0 Å². The number of benzene rings is 1. The summed E-state index contributed by atoms with van der Waals surface area (Å²) in [7, 11) is 0. The zero-order valence-corrected chi connectivity index (χ0v) is 11.2. The molecule has 0 spiro atoms. The number of aromatic nitrogens is 1. The molecule has 6 heteroatoms. The molecule has 1 aliphatic heterocycles. The number of Topliss-reactive ketones (excluding diaryl/α,β-unsaturated/α-hetero) is 1. The predicted molar refractivity (Wildman–Crippen MR) is 73.6 cm³/mol. The quantitative estimate of drug-likeness (QED) is 0.794. The second-order valence-corrected chi connectivity index (χ2v) is 5.06. The average molecular weight is 294 g/mol. The van der Waals surface area contributed by atoms with Crippen molar-refractivity contribution in [1.29, 1.82) is 0 Å². The minimum Gasteiger partial charge on any atom is -0.370 e. The molecule has 0 atom stereocenters. The number of fused-ring (bicyclic) bond motifs is 1. The Kier molecular flexibility index (Phi) is 3.31. The summed E-state index contributed by atoms with van der Waals surface area (Å²) in [5, 5.41) is 0.592. The van der Waals surface area contributed by atoms with Crippen molar-refractivity contribution in [2.45, 2.75) is 19.0 Å². The highest BCUT2D eigenvalue weighted by atomic mass is 19.4. The summed E-state index contributed by atoms with van der Waals surface area (Å²) in [6.07, 6.45) is -2.02. The molecule has 1 aromatic carbocycles. The van der Waals surface area contributed by atoms with Gasteiger partial charge in [-0.2, -0.15) is 13.2 Å². The van der Waals surface area contributed by atoms with Gasteiger partial charge in [-0.3, -0.25) is 9.78 Å². The molecular weight excluding hydrogens is 281 g/mol. The van der Waals surface area contributed by atoms with E-state index in [9.17, 15) is 18.0 Å². The van der Waals surface area contributed by atoms with Crippen LogP contribution in [0.2, 0.25) is 0 Å². The number of carbonyl (C=O) groups excluding carboxylic acids is 1. The van der Waals surface area contributed by atoms with Gasteiger partial charge in [-0.25, -0.2) is 0 Å². The number of nitrogens with zero attached hydrogens (tertiary/aromatic N) is 2. The van der Waals surface area contributed by atoms with Crippen LogP contribution in [0.3, 0.4) is 0 Å². The number of hydrogen-bond acceptors (Lipinski definition) is 3. The van der Waals surface area contributed by atoms with Gasteiger partial charge in [0, 0.05) is 24.7 Å². The summed E-state index contributed by atoms with van der Waals surface area (Å²) >= 11 is 0. The molecule has 1 aromatic heterocycles. The maximum Gasteiger partial charge on any atom is 0.455 e. The zero-order chi connectivity index (χ0) is 15.0. The van der Waals surface area contributed by atoms with Crippen molar-refractivity contribution in [3.05, 3.63) is 36.0 Å². The summed E-state index contributed by atoms with van der Waals surface area (Å²) in [6, 6.07) is 6.96. The Bertz CT molecular complexity index is 691. The number of para-hydroxylation sites is 1. The predicted octanol–water partition coefficient (Wildman–Crippen LogP) is 3.58. The minimum atomic E-state index is -4.89. The zero-order valence-electron chi connectivity index (χ0n) is 11.2. The van der Waals surface area contributed by atoms with E-state index >= 15 is 0 Å². The molecule has 2 heterocycles. The highest BCUT2D eigenvalue weighted by molar-refractivity contribution is 6.10. The van der Waals surface area contributed by atoms with Gasteiger partial charge >= 0.3 is 6.18 Å². The number of ketones is 1. The Morgan fingerprint density at radius 3 is 2.48 bits per heavy atom. The van der Waals surface area contributed by atoms with E-state index in [1.165, 1.54) is 0 Å². The average Bonchev–Trinajstić information content (AvgIpc) is 2.98. The van der Waals surface area contributed by atoms with Crippen LogP contribution in [-0.4, -0.2) is 30.0 Å². The van der Waals surface area contributed by atoms with E-state index in [4.69, 9.17) is 0 Å². The first kappa shape index (κ1) is 13.9. The highest BCUT2D eigenvalue weighted by Crippen LogP contribution is 2.35. The van der Waals surface area contributed by atoms with Gasteiger partial charge in [-0.1, -0.05) is 18.2 Å². The Morgan fingerprint density at radius 1 is 1.14 bits per heavy atom. The van der Waals surface area contributed by atoms with Gasteiger partial charge < -0.3 is 4.90 Å². The molecule has 1 saturated heterocycles. The number of pyridine rings is 1. The molecule has 0 radical (unpaired) electrons. The number of carbonyl (C=O) groups is 1. The van der Waals surface area contributed by atoms with E-state index in [0.29, 0.717) is 29.7 Å². The van der Waals surface area contributed by atoms with Gasteiger partial charge in [-0.05, 0) is 18.9 Å². The maximum absolute atomic E-state index is 12.8. The van der Waals surface area contributed by atoms with Gasteiger partial charge in [0.2, 0.25) is 0 Å². The van der Waals surface area contributed by atoms with Crippen molar-refractivity contribution in [3.63, 3.8) is 0 Å². The Balaban J connectivity index is 2.24. The van der Waals surface area contributed by atoms with Crippen LogP contribution < -0.4 is 4.90 Å². The molecular formula is C15H13F3N2O. The van der Waals surface area contributed by atoms with E-state index in [2.05, 4.69) is 4.98 Å². The smallest absolute Gasteiger partial charge is 0.370 e. The van der Waals surface area contributed by atoms with E-state index in [-0.39, 0.29) is 5.56 Å². The first-order valence-corrected chi connectivity index (χ1v) is 6.72. The van der Waals surface area contributed by atoms with Gasteiger partial charge in [0.15, 0.2) is 0 Å². The van der Waals surface area contributed by atoms with Crippen LogP contribution in [-0.2, 0) is 0 Å². The lowest BCUT2D eigenvalue weighted by atomic mass is 10.0. The molecule has 0 N–H and O–H groups in total. The van der Waals surface area contributed by atoms with Gasteiger partial charge in [-0.15, -0.1) is 0 Å². The van der Waals surface area contributed by atoms with Gasteiger partial charge in [0.1, 0.15) is 0 Å². The van der Waals surface area contributed by atoms with Crippen LogP contribution in [0.25, 0.3) is 10.9 Å². The lowest BCUT2D eigenvalue weighted by Crippen LogP contribution is -2.27. The fraction of sp³-hybridized carbons (Fsp3) is 0.333. The molecule has 1 fully saturated rings. The van der Waals surface area contributed by atoms with Crippen molar-refractivity contribution >= 4 is 22.4 Å². The molecule has 1 aliphatic rings. The molecule has 2 aromatic rings. The third-order valence-electron chi connectivity index (χ3n) is 3.67. The van der Waals surface area contributed by atoms with Crippen molar-refractivity contribution < 1.29 is 18.0 Å². The molecule has 3 rings (SSSR count). The normalized spacial score (nSPS) is 15.7. The molecule has 21 heavy (non-hydrogen) atoms. The third-order valence-corrected chi connectivity index (χ3v) is 3.67. The second-order valence-electron chi connectivity index (χ2n) is 5.06. The van der Waals surface area contributed by atoms with Crippen LogP contribution in [0.15, 0.2) is 30.5 Å².